The first kappa shape index (κ1) is 10.8. The number of benzene rings is 1. The number of hydrogen-bond acceptors (Lipinski definition) is 2. The van der Waals surface area contributed by atoms with Crippen LogP contribution in [0, 0.1) is 11.6 Å². The van der Waals surface area contributed by atoms with Gasteiger partial charge in [-0.3, -0.25) is 4.79 Å². The maximum absolute atomic E-state index is 13.3. The fourth-order valence-corrected chi connectivity index (χ4v) is 3.73. The molecule has 0 fully saturated rings. The zero-order valence-electron chi connectivity index (χ0n) is 7.87. The SMILES string of the molecule is CC(C(=O)c1ccc(F)cc1F)S1=CS1. The van der Waals surface area contributed by atoms with Crippen molar-refractivity contribution in [3.05, 3.63) is 35.4 Å². The predicted octanol–water partition coefficient (Wildman–Crippen LogP) is 3.23. The first-order chi connectivity index (χ1) is 7.09. The normalized spacial score (nSPS) is 20.6. The van der Waals surface area contributed by atoms with Crippen molar-refractivity contribution in [3.63, 3.8) is 0 Å². The van der Waals surface area contributed by atoms with Crippen LogP contribution in [0.3, 0.4) is 0 Å². The molecule has 1 aromatic carbocycles. The van der Waals surface area contributed by atoms with Crippen molar-refractivity contribution in [3.8, 4) is 0 Å². The van der Waals surface area contributed by atoms with Crippen molar-refractivity contribution in [2.24, 2.45) is 0 Å². The standard InChI is InChI=1S/C10H8F2OS2/c1-6(15-5-14-15)10(13)8-3-2-7(11)4-9(8)12/h2-6H,1H3. The van der Waals surface area contributed by atoms with Crippen LogP contribution < -0.4 is 0 Å². The molecule has 0 saturated heterocycles. The van der Waals surface area contributed by atoms with Crippen LogP contribution in [-0.2, 0) is 0 Å². The van der Waals surface area contributed by atoms with Gasteiger partial charge < -0.3 is 0 Å². The van der Waals surface area contributed by atoms with Crippen LogP contribution in [0.1, 0.15) is 17.3 Å². The highest BCUT2D eigenvalue weighted by atomic mass is 33.2. The Balaban J connectivity index is 2.28. The molecule has 0 aliphatic carbocycles. The Labute approximate surface area is 92.2 Å². The van der Waals surface area contributed by atoms with Crippen molar-refractivity contribution in [2.45, 2.75) is 12.2 Å². The van der Waals surface area contributed by atoms with Crippen molar-refractivity contribution < 1.29 is 13.6 Å². The molecule has 0 saturated carbocycles. The van der Waals surface area contributed by atoms with Crippen molar-refractivity contribution >= 4 is 30.8 Å². The van der Waals surface area contributed by atoms with E-state index >= 15 is 0 Å². The van der Waals surface area contributed by atoms with Gasteiger partial charge in [0.1, 0.15) is 11.6 Å². The van der Waals surface area contributed by atoms with Gasteiger partial charge in [-0.1, -0.05) is 10.8 Å². The highest BCUT2D eigenvalue weighted by Crippen LogP contribution is 2.48. The van der Waals surface area contributed by atoms with Crippen LogP contribution in [-0.4, -0.2) is 15.7 Å². The Bertz CT molecular complexity index is 457. The molecule has 0 bridgehead atoms. The molecule has 1 aromatic rings. The van der Waals surface area contributed by atoms with Crippen LogP contribution >= 0.6 is 20.3 Å². The van der Waals surface area contributed by atoms with E-state index in [1.54, 1.807) is 17.7 Å². The van der Waals surface area contributed by atoms with Crippen LogP contribution in [0.25, 0.3) is 0 Å². The van der Waals surface area contributed by atoms with E-state index in [9.17, 15) is 13.6 Å². The third-order valence-corrected chi connectivity index (χ3v) is 5.56. The summed E-state index contributed by atoms with van der Waals surface area (Å²) in [6, 6.07) is 3.06. The lowest BCUT2D eigenvalue weighted by molar-refractivity contribution is 0.0990. The molecule has 2 rings (SSSR count). The second-order valence-electron chi connectivity index (χ2n) is 3.15. The molecule has 80 valence electrons. The van der Waals surface area contributed by atoms with Gasteiger partial charge in [-0.05, 0) is 19.1 Å². The number of Topliss-reactive ketones (excluding diaryl/α,β-unsaturated/α-hetero) is 1. The number of carbonyl (C=O) groups is 1. The Kier molecular flexibility index (Phi) is 2.93. The fraction of sp³-hybridized carbons (Fsp3) is 0.200. The number of carbonyl (C=O) groups excluding carboxylic acids is 1. The molecule has 0 amide bonds. The van der Waals surface area contributed by atoms with E-state index < -0.39 is 11.6 Å². The molecule has 0 spiro atoms. The molecule has 1 nitrogen and oxygen atoms in total. The lowest BCUT2D eigenvalue weighted by Gasteiger charge is -2.07. The monoisotopic (exact) mass is 246 g/mol. The average Bonchev–Trinajstić information content (AvgIpc) is 2.99. The van der Waals surface area contributed by atoms with Gasteiger partial charge in [-0.25, -0.2) is 8.78 Å². The zero-order valence-corrected chi connectivity index (χ0v) is 9.50. The van der Waals surface area contributed by atoms with E-state index in [1.807, 2.05) is 4.70 Å². The molecule has 15 heavy (non-hydrogen) atoms. The Hall–Kier alpha value is -0.680. The molecule has 0 N–H and O–H groups in total. The largest absolute Gasteiger partial charge is 0.293 e. The second kappa shape index (κ2) is 4.06. The molecule has 2 unspecified atom stereocenters. The molecule has 1 heterocycles. The topological polar surface area (TPSA) is 17.1 Å². The average molecular weight is 246 g/mol. The van der Waals surface area contributed by atoms with Crippen molar-refractivity contribution in [1.82, 2.24) is 0 Å². The summed E-state index contributed by atoms with van der Waals surface area (Å²) in [6.45, 7) is 1.77. The molecule has 0 radical (unpaired) electrons. The van der Waals surface area contributed by atoms with Gasteiger partial charge in [0.15, 0.2) is 5.78 Å². The summed E-state index contributed by atoms with van der Waals surface area (Å²) in [4.78, 5) is 11.8. The van der Waals surface area contributed by atoms with Crippen molar-refractivity contribution in [2.75, 3.05) is 0 Å². The Morgan fingerprint density at radius 2 is 2.13 bits per heavy atom. The lowest BCUT2D eigenvalue weighted by Crippen LogP contribution is -2.14. The smallest absolute Gasteiger partial charge is 0.178 e. The summed E-state index contributed by atoms with van der Waals surface area (Å²) in [7, 11) is 1.52. The van der Waals surface area contributed by atoms with Crippen LogP contribution in [0.5, 0.6) is 0 Å². The molecule has 0 aromatic heterocycles. The maximum Gasteiger partial charge on any atom is 0.178 e. The molecule has 1 aliphatic heterocycles. The highest BCUT2D eigenvalue weighted by Gasteiger charge is 2.26. The minimum absolute atomic E-state index is 0.0164. The first-order valence-electron chi connectivity index (χ1n) is 4.31. The van der Waals surface area contributed by atoms with E-state index in [0.717, 1.165) is 12.1 Å². The summed E-state index contributed by atoms with van der Waals surface area (Å²) in [5.74, 6) is -1.69. The molecule has 2 atom stereocenters. The van der Waals surface area contributed by atoms with Gasteiger partial charge in [0.05, 0.1) is 10.8 Å². The zero-order chi connectivity index (χ0) is 11.0. The van der Waals surface area contributed by atoms with Crippen LogP contribution in [0.2, 0.25) is 0 Å². The summed E-state index contributed by atoms with van der Waals surface area (Å²) in [6.07, 6.45) is 0. The predicted molar refractivity (Wildman–Crippen MR) is 61.4 cm³/mol. The lowest BCUT2D eigenvalue weighted by atomic mass is 10.1. The van der Waals surface area contributed by atoms with Gasteiger partial charge in [-0.2, -0.15) is 0 Å². The quantitative estimate of drug-likeness (QED) is 0.463. The van der Waals surface area contributed by atoms with Crippen molar-refractivity contribution in [1.29, 1.82) is 0 Å². The second-order valence-corrected chi connectivity index (χ2v) is 7.21. The van der Waals surface area contributed by atoms with Gasteiger partial charge in [0.25, 0.3) is 0 Å². The number of halogens is 2. The minimum Gasteiger partial charge on any atom is -0.293 e. The van der Waals surface area contributed by atoms with Crippen LogP contribution in [0.15, 0.2) is 18.2 Å². The van der Waals surface area contributed by atoms with E-state index in [1.165, 1.54) is 6.07 Å². The van der Waals surface area contributed by atoms with E-state index in [-0.39, 0.29) is 26.1 Å². The summed E-state index contributed by atoms with van der Waals surface area (Å²) < 4.78 is 27.9. The molecular weight excluding hydrogens is 238 g/mol. The number of ketones is 1. The van der Waals surface area contributed by atoms with E-state index in [4.69, 9.17) is 0 Å². The highest BCUT2D eigenvalue weighted by molar-refractivity contribution is 9.04. The summed E-state index contributed by atoms with van der Waals surface area (Å²) in [5, 5.41) is -0.213. The Morgan fingerprint density at radius 1 is 1.47 bits per heavy atom. The number of hydrogen-bond donors (Lipinski definition) is 0. The number of rotatable bonds is 3. The minimum atomic E-state index is -0.776. The third kappa shape index (κ3) is 2.29. The molecule has 5 heteroatoms. The Morgan fingerprint density at radius 3 is 2.67 bits per heavy atom. The van der Waals surface area contributed by atoms with E-state index in [0.29, 0.717) is 0 Å². The summed E-state index contributed by atoms with van der Waals surface area (Å²) in [5.41, 5.74) is -0.0164. The first-order valence-corrected chi connectivity index (χ1v) is 7.06. The van der Waals surface area contributed by atoms with Gasteiger partial charge in [0.2, 0.25) is 0 Å². The molecular formula is C10H8F2OS2. The summed E-state index contributed by atoms with van der Waals surface area (Å²) >= 11 is 0. The van der Waals surface area contributed by atoms with Crippen LogP contribution in [0.4, 0.5) is 8.78 Å². The molecule has 1 aliphatic rings. The maximum atomic E-state index is 13.3. The van der Waals surface area contributed by atoms with Gasteiger partial charge in [-0.15, -0.1) is 9.52 Å². The fourth-order valence-electron chi connectivity index (χ4n) is 1.20. The van der Waals surface area contributed by atoms with Gasteiger partial charge in [0, 0.05) is 10.8 Å². The van der Waals surface area contributed by atoms with Gasteiger partial charge >= 0.3 is 0 Å². The van der Waals surface area contributed by atoms with E-state index in [2.05, 4.69) is 0 Å². The third-order valence-electron chi connectivity index (χ3n) is 2.12.